The van der Waals surface area contributed by atoms with Crippen molar-refractivity contribution in [2.45, 2.75) is 45.1 Å². The van der Waals surface area contributed by atoms with Crippen molar-refractivity contribution >= 4 is 23.0 Å². The second-order valence-corrected chi connectivity index (χ2v) is 6.68. The molecule has 0 spiro atoms. The highest BCUT2D eigenvalue weighted by Crippen LogP contribution is 2.27. The van der Waals surface area contributed by atoms with E-state index >= 15 is 0 Å². The molecule has 0 aliphatic carbocycles. The van der Waals surface area contributed by atoms with Crippen LogP contribution in [-0.2, 0) is 11.4 Å². The number of ketones is 1. The minimum absolute atomic E-state index is 0.103. The maximum Gasteiger partial charge on any atom is 0.243 e. The van der Waals surface area contributed by atoms with E-state index < -0.39 is 0 Å². The molecular weight excluding hydrogens is 338 g/mol. The summed E-state index contributed by atoms with van der Waals surface area (Å²) in [6.45, 7) is 0.449. The Morgan fingerprint density at radius 3 is 2.44 bits per heavy atom. The van der Waals surface area contributed by atoms with Crippen molar-refractivity contribution in [3.63, 3.8) is 0 Å². The van der Waals surface area contributed by atoms with Crippen molar-refractivity contribution in [3.05, 3.63) is 52.2 Å². The highest BCUT2D eigenvalue weighted by atomic mass is 32.1. The van der Waals surface area contributed by atoms with E-state index in [2.05, 4.69) is 0 Å². The molecule has 0 unspecified atom stereocenters. The van der Waals surface area contributed by atoms with Crippen LogP contribution in [0.5, 0.6) is 5.75 Å². The van der Waals surface area contributed by atoms with Crippen LogP contribution in [0.3, 0.4) is 0 Å². The van der Waals surface area contributed by atoms with Gasteiger partial charge in [-0.15, -0.1) is 11.3 Å². The molecule has 2 N–H and O–H groups in total. The molecule has 1 aromatic heterocycles. The van der Waals surface area contributed by atoms with Gasteiger partial charge >= 0.3 is 0 Å². The van der Waals surface area contributed by atoms with Crippen LogP contribution in [0, 0.1) is 0 Å². The number of amides is 1. The third kappa shape index (κ3) is 6.68. The summed E-state index contributed by atoms with van der Waals surface area (Å²) in [5, 5.41) is 10.3. The van der Waals surface area contributed by atoms with Crippen LogP contribution in [0.2, 0.25) is 0 Å². The number of hydrogen-bond acceptors (Lipinski definition) is 5. The first kappa shape index (κ1) is 19.1. The van der Waals surface area contributed by atoms with Gasteiger partial charge in [0.1, 0.15) is 17.2 Å². The number of unbranched alkanes of at least 4 members (excludes halogenated alkanes) is 3. The first-order valence-electron chi connectivity index (χ1n) is 8.41. The number of benzene rings is 1. The highest BCUT2D eigenvalue weighted by Gasteiger charge is 2.14. The van der Waals surface area contributed by atoms with Crippen molar-refractivity contribution in [2.75, 3.05) is 0 Å². The van der Waals surface area contributed by atoms with Gasteiger partial charge in [0.15, 0.2) is 5.78 Å². The molecule has 5 nitrogen and oxygen atoms in total. The Labute approximate surface area is 151 Å². The van der Waals surface area contributed by atoms with Crippen LogP contribution in [0.15, 0.2) is 41.8 Å². The first-order valence-corrected chi connectivity index (χ1v) is 9.29. The van der Waals surface area contributed by atoms with Gasteiger partial charge in [0.05, 0.1) is 0 Å². The number of carbonyl (C=O) groups excluding carboxylic acids is 2. The normalized spacial score (nSPS) is 10.4. The molecule has 0 atom stereocenters. The molecule has 0 fully saturated rings. The Hall–Kier alpha value is -2.18. The van der Waals surface area contributed by atoms with E-state index in [4.69, 9.17) is 9.94 Å². The fourth-order valence-electron chi connectivity index (χ4n) is 2.44. The van der Waals surface area contributed by atoms with E-state index in [1.807, 2.05) is 41.8 Å². The summed E-state index contributed by atoms with van der Waals surface area (Å²) >= 11 is 1.41. The van der Waals surface area contributed by atoms with Gasteiger partial charge in [-0.3, -0.25) is 14.8 Å². The minimum Gasteiger partial charge on any atom is -0.487 e. The predicted molar refractivity (Wildman–Crippen MR) is 97.1 cm³/mol. The van der Waals surface area contributed by atoms with Gasteiger partial charge in [-0.25, -0.2) is 5.48 Å². The van der Waals surface area contributed by atoms with E-state index in [0.29, 0.717) is 36.5 Å². The Bertz CT molecular complexity index is 669. The molecule has 134 valence electrons. The lowest BCUT2D eigenvalue weighted by Crippen LogP contribution is -2.17. The quantitative estimate of drug-likeness (QED) is 0.270. The Balaban J connectivity index is 1.71. The average Bonchev–Trinajstić information content (AvgIpc) is 3.12. The third-order valence-electron chi connectivity index (χ3n) is 3.80. The number of nitrogens with one attached hydrogen (secondary N) is 1. The monoisotopic (exact) mass is 361 g/mol. The summed E-state index contributed by atoms with van der Waals surface area (Å²) in [4.78, 5) is 23.9. The highest BCUT2D eigenvalue weighted by molar-refractivity contribution is 7.12. The van der Waals surface area contributed by atoms with Crippen LogP contribution in [0.25, 0.3) is 0 Å². The minimum atomic E-state index is -0.366. The summed E-state index contributed by atoms with van der Waals surface area (Å²) in [7, 11) is 0. The number of carbonyl (C=O) groups is 2. The third-order valence-corrected chi connectivity index (χ3v) is 4.74. The Morgan fingerprint density at radius 1 is 1.00 bits per heavy atom. The maximum atomic E-state index is 12.4. The summed E-state index contributed by atoms with van der Waals surface area (Å²) in [6, 6.07) is 11.7. The molecule has 0 bridgehead atoms. The smallest absolute Gasteiger partial charge is 0.243 e. The van der Waals surface area contributed by atoms with Crippen LogP contribution in [0.1, 0.15) is 53.8 Å². The lowest BCUT2D eigenvalue weighted by atomic mass is 10.1. The first-order chi connectivity index (χ1) is 12.2. The van der Waals surface area contributed by atoms with Crippen LogP contribution < -0.4 is 10.2 Å². The number of hydrogen-bond donors (Lipinski definition) is 2. The molecule has 25 heavy (non-hydrogen) atoms. The maximum absolute atomic E-state index is 12.4. The molecule has 2 rings (SSSR count). The molecule has 1 aromatic carbocycles. The second-order valence-electron chi connectivity index (χ2n) is 5.76. The second kappa shape index (κ2) is 10.6. The molecular formula is C19H23NO4S. The molecule has 0 aliphatic rings. The van der Waals surface area contributed by atoms with E-state index in [-0.39, 0.29) is 11.7 Å². The number of thiophene rings is 1. The molecule has 0 radical (unpaired) electrons. The van der Waals surface area contributed by atoms with Gasteiger partial charge < -0.3 is 4.74 Å². The van der Waals surface area contributed by atoms with Crippen molar-refractivity contribution in [3.8, 4) is 5.75 Å². The zero-order chi connectivity index (χ0) is 17.9. The summed E-state index contributed by atoms with van der Waals surface area (Å²) in [6.07, 6.45) is 4.04. The van der Waals surface area contributed by atoms with Gasteiger partial charge in [0.2, 0.25) is 5.91 Å². The molecule has 0 aliphatic heterocycles. The van der Waals surface area contributed by atoms with Gasteiger partial charge in [-0.2, -0.15) is 0 Å². The fourth-order valence-corrected chi connectivity index (χ4v) is 3.25. The zero-order valence-corrected chi connectivity index (χ0v) is 14.9. The lowest BCUT2D eigenvalue weighted by molar-refractivity contribution is -0.129. The Morgan fingerprint density at radius 2 is 1.72 bits per heavy atom. The largest absolute Gasteiger partial charge is 0.487 e. The summed E-state index contributed by atoms with van der Waals surface area (Å²) in [5.41, 5.74) is 2.69. The van der Waals surface area contributed by atoms with E-state index in [1.54, 1.807) is 5.48 Å². The van der Waals surface area contributed by atoms with E-state index in [9.17, 15) is 9.59 Å². The molecule has 6 heteroatoms. The lowest BCUT2D eigenvalue weighted by Gasteiger charge is -2.07. The molecule has 2 aromatic rings. The summed E-state index contributed by atoms with van der Waals surface area (Å²) < 4.78 is 5.79. The molecule has 1 amide bonds. The Kier molecular flexibility index (Phi) is 8.15. The van der Waals surface area contributed by atoms with Crippen LogP contribution in [0.4, 0.5) is 0 Å². The van der Waals surface area contributed by atoms with E-state index in [1.165, 1.54) is 11.3 Å². The number of hydroxylamine groups is 1. The number of ether oxygens (including phenoxy) is 1. The van der Waals surface area contributed by atoms with Gasteiger partial charge in [-0.05, 0) is 29.9 Å². The fraction of sp³-hybridized carbons (Fsp3) is 0.368. The zero-order valence-electron chi connectivity index (χ0n) is 14.1. The van der Waals surface area contributed by atoms with Crippen molar-refractivity contribution in [1.29, 1.82) is 0 Å². The van der Waals surface area contributed by atoms with Crippen molar-refractivity contribution < 1.29 is 19.5 Å². The number of rotatable bonds is 11. The van der Waals surface area contributed by atoms with Gasteiger partial charge in [-0.1, -0.05) is 43.2 Å². The average molecular weight is 361 g/mol. The predicted octanol–water partition coefficient (Wildman–Crippen LogP) is 4.36. The van der Waals surface area contributed by atoms with Gasteiger partial charge in [0, 0.05) is 12.8 Å². The van der Waals surface area contributed by atoms with Crippen LogP contribution >= 0.6 is 11.3 Å². The summed E-state index contributed by atoms with van der Waals surface area (Å²) in [5.74, 6) is 0.388. The molecule has 0 saturated carbocycles. The SMILES string of the molecule is O=C(CCCCCCC(=O)c1sccc1OCc1ccccc1)NO. The topological polar surface area (TPSA) is 75.6 Å². The molecule has 0 saturated heterocycles. The van der Waals surface area contributed by atoms with E-state index in [0.717, 1.165) is 24.8 Å². The standard InChI is InChI=1S/C19H23NO4S/c21-16(10-6-1-2-7-11-18(22)20-23)19-17(12-13-25-19)24-14-15-8-4-3-5-9-15/h3-5,8-9,12-13,23H,1-2,6-7,10-11,14H2,(H,20,22). The van der Waals surface area contributed by atoms with Gasteiger partial charge in [0.25, 0.3) is 0 Å². The van der Waals surface area contributed by atoms with Crippen LogP contribution in [-0.4, -0.2) is 16.9 Å². The number of Topliss-reactive ketones (excluding diaryl/α,β-unsaturated/α-hetero) is 1. The molecule has 1 heterocycles. The van der Waals surface area contributed by atoms with Crippen molar-refractivity contribution in [2.24, 2.45) is 0 Å². The van der Waals surface area contributed by atoms with Crippen molar-refractivity contribution in [1.82, 2.24) is 5.48 Å².